The number of nitrogens with one attached hydrogen (secondary N) is 1. The summed E-state index contributed by atoms with van der Waals surface area (Å²) in [6.07, 6.45) is 1.05. The molecule has 2 aromatic carbocycles. The van der Waals surface area contributed by atoms with E-state index in [1.54, 1.807) is 14.2 Å². The third kappa shape index (κ3) is 3.80. The summed E-state index contributed by atoms with van der Waals surface area (Å²) in [5.74, 6) is 1.75. The Morgan fingerprint density at radius 2 is 1.56 bits per heavy atom. The molecule has 0 bridgehead atoms. The zero-order valence-corrected chi connectivity index (χ0v) is 15.4. The van der Waals surface area contributed by atoms with Crippen LogP contribution in [0, 0.1) is 0 Å². The van der Waals surface area contributed by atoms with Crippen molar-refractivity contribution in [1.82, 2.24) is 10.2 Å². The number of aryl methyl sites for hydroxylation is 1. The molecule has 1 aliphatic heterocycles. The van der Waals surface area contributed by atoms with E-state index < -0.39 is 0 Å². The van der Waals surface area contributed by atoms with Crippen LogP contribution in [0.3, 0.4) is 0 Å². The first-order valence-electron chi connectivity index (χ1n) is 9.03. The van der Waals surface area contributed by atoms with Crippen LogP contribution in [-0.4, -0.2) is 45.3 Å². The van der Waals surface area contributed by atoms with Crippen molar-refractivity contribution in [3.63, 3.8) is 0 Å². The number of nitrogens with zero attached hydrogens (tertiary/aromatic N) is 1. The van der Waals surface area contributed by atoms with Gasteiger partial charge >= 0.3 is 0 Å². The number of methoxy groups -OCH3 is 2. The molecule has 0 aliphatic carbocycles. The summed E-state index contributed by atoms with van der Waals surface area (Å²) < 4.78 is 11.4. The second-order valence-corrected chi connectivity index (χ2v) is 6.36. The van der Waals surface area contributed by atoms with Gasteiger partial charge in [-0.05, 0) is 29.7 Å². The Labute approximate surface area is 150 Å². The summed E-state index contributed by atoms with van der Waals surface area (Å²) in [5, 5.41) is 3.44. The molecule has 4 heteroatoms. The van der Waals surface area contributed by atoms with Crippen molar-refractivity contribution in [3.05, 3.63) is 59.2 Å². The van der Waals surface area contributed by atoms with Crippen LogP contribution < -0.4 is 14.8 Å². The first-order valence-corrected chi connectivity index (χ1v) is 9.03. The molecule has 134 valence electrons. The highest BCUT2D eigenvalue weighted by Crippen LogP contribution is 2.40. The fourth-order valence-electron chi connectivity index (χ4n) is 3.59. The minimum absolute atomic E-state index is 0.124. The lowest BCUT2D eigenvalue weighted by molar-refractivity contribution is 0.192. The van der Waals surface area contributed by atoms with Gasteiger partial charge in [-0.1, -0.05) is 37.3 Å². The molecule has 0 aromatic heterocycles. The summed E-state index contributed by atoms with van der Waals surface area (Å²) in [5.41, 5.74) is 3.75. The maximum absolute atomic E-state index is 5.70. The molecule has 1 aliphatic rings. The van der Waals surface area contributed by atoms with Gasteiger partial charge in [0.15, 0.2) is 0 Å². The van der Waals surface area contributed by atoms with Gasteiger partial charge in [-0.2, -0.15) is 0 Å². The minimum atomic E-state index is 0.124. The van der Waals surface area contributed by atoms with E-state index >= 15 is 0 Å². The Hall–Kier alpha value is -2.04. The molecule has 2 aromatic rings. The van der Waals surface area contributed by atoms with Gasteiger partial charge in [-0.25, -0.2) is 0 Å². The van der Waals surface area contributed by atoms with Crippen molar-refractivity contribution in [2.45, 2.75) is 19.4 Å². The summed E-state index contributed by atoms with van der Waals surface area (Å²) in [7, 11) is 3.46. The molecule has 1 N–H and O–H groups in total. The van der Waals surface area contributed by atoms with E-state index in [1.807, 2.05) is 18.2 Å². The number of benzene rings is 2. The van der Waals surface area contributed by atoms with Gasteiger partial charge in [0.05, 0.1) is 25.8 Å². The van der Waals surface area contributed by atoms with Crippen molar-refractivity contribution in [1.29, 1.82) is 0 Å². The predicted octanol–water partition coefficient (Wildman–Crippen LogP) is 3.26. The fourth-order valence-corrected chi connectivity index (χ4v) is 3.59. The Morgan fingerprint density at radius 3 is 2.08 bits per heavy atom. The Bertz CT molecular complexity index is 657. The first-order chi connectivity index (χ1) is 12.3. The van der Waals surface area contributed by atoms with Crippen LogP contribution >= 0.6 is 0 Å². The van der Waals surface area contributed by atoms with Gasteiger partial charge in [0.2, 0.25) is 0 Å². The third-order valence-electron chi connectivity index (χ3n) is 4.96. The number of rotatable bonds is 6. The Morgan fingerprint density at radius 1 is 0.960 bits per heavy atom. The predicted molar refractivity (Wildman–Crippen MR) is 102 cm³/mol. The third-order valence-corrected chi connectivity index (χ3v) is 4.96. The molecule has 1 fully saturated rings. The van der Waals surface area contributed by atoms with Crippen molar-refractivity contribution in [2.75, 3.05) is 40.4 Å². The zero-order chi connectivity index (χ0) is 17.6. The van der Waals surface area contributed by atoms with Crippen LogP contribution in [0.4, 0.5) is 0 Å². The van der Waals surface area contributed by atoms with E-state index in [4.69, 9.17) is 9.47 Å². The zero-order valence-electron chi connectivity index (χ0n) is 15.4. The van der Waals surface area contributed by atoms with Gasteiger partial charge in [0.25, 0.3) is 0 Å². The van der Waals surface area contributed by atoms with Gasteiger partial charge in [0.1, 0.15) is 11.5 Å². The number of piperazine rings is 1. The maximum atomic E-state index is 5.70. The molecule has 1 saturated heterocycles. The van der Waals surface area contributed by atoms with E-state index in [1.165, 1.54) is 11.1 Å². The van der Waals surface area contributed by atoms with Gasteiger partial charge in [-0.3, -0.25) is 4.90 Å². The van der Waals surface area contributed by atoms with Crippen molar-refractivity contribution in [2.24, 2.45) is 0 Å². The number of hydrogen-bond acceptors (Lipinski definition) is 4. The smallest absolute Gasteiger partial charge is 0.127 e. The molecular weight excluding hydrogens is 312 g/mol. The lowest BCUT2D eigenvalue weighted by Crippen LogP contribution is -2.45. The molecule has 1 heterocycles. The molecule has 4 nitrogen and oxygen atoms in total. The van der Waals surface area contributed by atoms with E-state index in [2.05, 4.69) is 41.4 Å². The molecule has 3 rings (SSSR count). The number of ether oxygens (including phenoxy) is 2. The summed E-state index contributed by atoms with van der Waals surface area (Å²) in [6, 6.07) is 15.1. The topological polar surface area (TPSA) is 33.7 Å². The van der Waals surface area contributed by atoms with Crippen LogP contribution in [0.25, 0.3) is 0 Å². The van der Waals surface area contributed by atoms with Crippen LogP contribution in [0.1, 0.15) is 29.7 Å². The first kappa shape index (κ1) is 17.8. The van der Waals surface area contributed by atoms with Crippen LogP contribution in [0.2, 0.25) is 0 Å². The van der Waals surface area contributed by atoms with Crippen molar-refractivity contribution in [3.8, 4) is 11.5 Å². The van der Waals surface area contributed by atoms with Gasteiger partial charge in [-0.15, -0.1) is 0 Å². The molecule has 0 radical (unpaired) electrons. The van der Waals surface area contributed by atoms with Crippen molar-refractivity contribution >= 4 is 0 Å². The van der Waals surface area contributed by atoms with E-state index in [-0.39, 0.29) is 6.04 Å². The molecule has 25 heavy (non-hydrogen) atoms. The standard InChI is InChI=1S/C21H28N2O2/c1-4-16-8-10-17(11-9-16)21(23-14-12-22-13-15-23)20-18(24-2)6-5-7-19(20)25-3/h5-11,21-22H,4,12-15H2,1-3H3. The second-order valence-electron chi connectivity index (χ2n) is 6.36. The van der Waals surface area contributed by atoms with Gasteiger partial charge < -0.3 is 14.8 Å². The molecule has 0 amide bonds. The summed E-state index contributed by atoms with van der Waals surface area (Å²) in [4.78, 5) is 2.51. The molecule has 0 saturated carbocycles. The van der Waals surface area contributed by atoms with E-state index in [9.17, 15) is 0 Å². The lowest BCUT2D eigenvalue weighted by Gasteiger charge is -2.36. The normalized spacial score (nSPS) is 16.4. The van der Waals surface area contributed by atoms with Gasteiger partial charge in [0, 0.05) is 26.2 Å². The average Bonchev–Trinajstić information content (AvgIpc) is 2.69. The Kier molecular flexibility index (Phi) is 5.95. The molecule has 1 unspecified atom stereocenters. The molecule has 1 atom stereocenters. The maximum Gasteiger partial charge on any atom is 0.127 e. The quantitative estimate of drug-likeness (QED) is 0.875. The lowest BCUT2D eigenvalue weighted by atomic mass is 9.93. The average molecular weight is 340 g/mol. The highest BCUT2D eigenvalue weighted by atomic mass is 16.5. The van der Waals surface area contributed by atoms with Crippen LogP contribution in [-0.2, 0) is 6.42 Å². The van der Waals surface area contributed by atoms with Crippen molar-refractivity contribution < 1.29 is 9.47 Å². The summed E-state index contributed by atoms with van der Waals surface area (Å²) >= 11 is 0. The van der Waals surface area contributed by atoms with Crippen LogP contribution in [0.15, 0.2) is 42.5 Å². The SMILES string of the molecule is CCc1ccc(C(c2c(OC)cccc2OC)N2CCNCC2)cc1. The highest BCUT2D eigenvalue weighted by Gasteiger charge is 2.29. The largest absolute Gasteiger partial charge is 0.496 e. The second kappa shape index (κ2) is 8.37. The summed E-state index contributed by atoms with van der Waals surface area (Å²) in [6.45, 7) is 6.19. The molecule has 0 spiro atoms. The highest BCUT2D eigenvalue weighted by molar-refractivity contribution is 5.51. The van der Waals surface area contributed by atoms with E-state index in [0.29, 0.717) is 0 Å². The Balaban J connectivity index is 2.10. The monoisotopic (exact) mass is 340 g/mol. The van der Waals surface area contributed by atoms with Crippen LogP contribution in [0.5, 0.6) is 11.5 Å². The minimum Gasteiger partial charge on any atom is -0.496 e. The number of hydrogen-bond donors (Lipinski definition) is 1. The van der Waals surface area contributed by atoms with E-state index in [0.717, 1.165) is 49.7 Å². The molecular formula is C21H28N2O2. The fraction of sp³-hybridized carbons (Fsp3) is 0.429.